The van der Waals surface area contributed by atoms with E-state index in [-0.39, 0.29) is 0 Å². The first-order valence-electron chi connectivity index (χ1n) is 9.44. The SMILES string of the molecule is O[C@@]1(c2ccccc2)CC[NH+](Cc2ccccc2)[C@H]2CCCC[C@@H]21. The van der Waals surface area contributed by atoms with Gasteiger partial charge in [0, 0.05) is 17.9 Å². The van der Waals surface area contributed by atoms with E-state index in [4.69, 9.17) is 0 Å². The molecule has 0 spiro atoms. The van der Waals surface area contributed by atoms with Crippen molar-refractivity contribution < 1.29 is 10.0 Å². The largest absolute Gasteiger partial charge is 0.384 e. The minimum absolute atomic E-state index is 0.390. The second-order valence-electron chi connectivity index (χ2n) is 7.61. The molecule has 4 rings (SSSR count). The van der Waals surface area contributed by atoms with Crippen LogP contribution < -0.4 is 4.90 Å². The molecule has 2 N–H and O–H groups in total. The molecule has 1 aliphatic heterocycles. The Morgan fingerprint density at radius 2 is 1.58 bits per heavy atom. The normalized spacial score (nSPS) is 33.0. The van der Waals surface area contributed by atoms with Crippen LogP contribution in [0.15, 0.2) is 60.7 Å². The number of rotatable bonds is 3. The summed E-state index contributed by atoms with van der Waals surface area (Å²) in [5, 5.41) is 11.6. The molecule has 1 saturated carbocycles. The highest BCUT2D eigenvalue weighted by atomic mass is 16.3. The van der Waals surface area contributed by atoms with Crippen molar-refractivity contribution in [2.24, 2.45) is 5.92 Å². The van der Waals surface area contributed by atoms with Crippen molar-refractivity contribution in [3.63, 3.8) is 0 Å². The molecule has 0 radical (unpaired) electrons. The lowest BCUT2D eigenvalue weighted by molar-refractivity contribution is -0.952. The molecular weight excluding hydrogens is 294 g/mol. The molecule has 24 heavy (non-hydrogen) atoms. The van der Waals surface area contributed by atoms with E-state index in [0.29, 0.717) is 12.0 Å². The molecule has 2 fully saturated rings. The zero-order valence-electron chi connectivity index (χ0n) is 14.3. The van der Waals surface area contributed by atoms with Gasteiger partial charge in [-0.3, -0.25) is 0 Å². The highest BCUT2D eigenvalue weighted by Gasteiger charge is 2.51. The van der Waals surface area contributed by atoms with E-state index in [1.807, 2.05) is 6.07 Å². The van der Waals surface area contributed by atoms with Gasteiger partial charge in [-0.15, -0.1) is 0 Å². The molecule has 0 bridgehead atoms. The molecule has 0 aromatic heterocycles. The van der Waals surface area contributed by atoms with Crippen LogP contribution in [-0.2, 0) is 12.1 Å². The smallest absolute Gasteiger partial charge is 0.103 e. The molecule has 4 atom stereocenters. The van der Waals surface area contributed by atoms with Gasteiger partial charge in [0.15, 0.2) is 0 Å². The Labute approximate surface area is 145 Å². The van der Waals surface area contributed by atoms with Crippen LogP contribution in [0.4, 0.5) is 0 Å². The molecule has 2 aliphatic rings. The minimum atomic E-state index is -0.632. The van der Waals surface area contributed by atoms with Crippen molar-refractivity contribution in [3.8, 4) is 0 Å². The summed E-state index contributed by atoms with van der Waals surface area (Å²) in [6, 6.07) is 21.8. The number of fused-ring (bicyclic) bond motifs is 1. The number of benzene rings is 2. The van der Waals surface area contributed by atoms with Crippen LogP contribution in [0.25, 0.3) is 0 Å². The van der Waals surface area contributed by atoms with Gasteiger partial charge in [0.05, 0.1) is 12.6 Å². The van der Waals surface area contributed by atoms with E-state index in [0.717, 1.165) is 31.5 Å². The Hall–Kier alpha value is -1.64. The lowest BCUT2D eigenvalue weighted by Crippen LogP contribution is -3.17. The van der Waals surface area contributed by atoms with Gasteiger partial charge >= 0.3 is 0 Å². The monoisotopic (exact) mass is 322 g/mol. The van der Waals surface area contributed by atoms with Gasteiger partial charge in [-0.1, -0.05) is 67.1 Å². The predicted octanol–water partition coefficient (Wildman–Crippen LogP) is 2.92. The third kappa shape index (κ3) is 2.89. The van der Waals surface area contributed by atoms with Gasteiger partial charge in [-0.25, -0.2) is 0 Å². The van der Waals surface area contributed by atoms with Crippen LogP contribution in [-0.4, -0.2) is 17.7 Å². The van der Waals surface area contributed by atoms with Crippen molar-refractivity contribution in [1.82, 2.24) is 0 Å². The van der Waals surface area contributed by atoms with E-state index in [9.17, 15) is 5.11 Å². The third-order valence-corrected chi connectivity index (χ3v) is 6.28. The van der Waals surface area contributed by atoms with Crippen LogP contribution in [0.5, 0.6) is 0 Å². The molecule has 0 amide bonds. The van der Waals surface area contributed by atoms with Crippen LogP contribution in [0.3, 0.4) is 0 Å². The van der Waals surface area contributed by atoms with Crippen molar-refractivity contribution >= 4 is 0 Å². The molecule has 2 aromatic carbocycles. The number of piperidine rings is 1. The summed E-state index contributed by atoms with van der Waals surface area (Å²) in [6.07, 6.45) is 5.86. The van der Waals surface area contributed by atoms with Crippen molar-refractivity contribution in [1.29, 1.82) is 0 Å². The minimum Gasteiger partial charge on any atom is -0.384 e. The molecule has 2 aromatic rings. The summed E-state index contributed by atoms with van der Waals surface area (Å²) in [6.45, 7) is 2.15. The summed E-state index contributed by atoms with van der Waals surface area (Å²) in [5.41, 5.74) is 1.91. The van der Waals surface area contributed by atoms with E-state index in [2.05, 4.69) is 54.6 Å². The number of likely N-dealkylation sites (tertiary alicyclic amines) is 1. The highest BCUT2D eigenvalue weighted by molar-refractivity contribution is 5.24. The number of aliphatic hydroxyl groups is 1. The second-order valence-corrected chi connectivity index (χ2v) is 7.61. The first-order chi connectivity index (χ1) is 11.8. The first-order valence-corrected chi connectivity index (χ1v) is 9.44. The summed E-state index contributed by atoms with van der Waals surface area (Å²) in [4.78, 5) is 1.67. The lowest BCUT2D eigenvalue weighted by atomic mass is 9.66. The number of hydrogen-bond donors (Lipinski definition) is 2. The Morgan fingerprint density at radius 1 is 0.917 bits per heavy atom. The van der Waals surface area contributed by atoms with Crippen LogP contribution in [0, 0.1) is 5.92 Å². The van der Waals surface area contributed by atoms with Gasteiger partial charge in [0.25, 0.3) is 0 Å². The summed E-state index contributed by atoms with van der Waals surface area (Å²) in [5.74, 6) is 0.390. The van der Waals surface area contributed by atoms with Gasteiger partial charge in [0.1, 0.15) is 12.1 Å². The average Bonchev–Trinajstić information content (AvgIpc) is 2.66. The van der Waals surface area contributed by atoms with Crippen LogP contribution in [0.2, 0.25) is 0 Å². The molecule has 2 nitrogen and oxygen atoms in total. The van der Waals surface area contributed by atoms with E-state index < -0.39 is 5.60 Å². The van der Waals surface area contributed by atoms with E-state index in [1.165, 1.54) is 24.8 Å². The fraction of sp³-hybridized carbons (Fsp3) is 0.455. The predicted molar refractivity (Wildman–Crippen MR) is 96.7 cm³/mol. The van der Waals surface area contributed by atoms with Crippen molar-refractivity contribution in [2.45, 2.75) is 50.3 Å². The maximum Gasteiger partial charge on any atom is 0.103 e. The van der Waals surface area contributed by atoms with E-state index >= 15 is 0 Å². The first kappa shape index (κ1) is 15.9. The van der Waals surface area contributed by atoms with E-state index in [1.54, 1.807) is 4.90 Å². The lowest BCUT2D eigenvalue weighted by Gasteiger charge is -2.50. The number of hydrogen-bond acceptors (Lipinski definition) is 1. The third-order valence-electron chi connectivity index (χ3n) is 6.28. The molecule has 2 heteroatoms. The highest BCUT2D eigenvalue weighted by Crippen LogP contribution is 2.42. The summed E-state index contributed by atoms with van der Waals surface area (Å²) >= 11 is 0. The molecule has 1 saturated heterocycles. The Bertz CT molecular complexity index is 656. The van der Waals surface area contributed by atoms with Gasteiger partial charge in [0.2, 0.25) is 0 Å². The summed E-state index contributed by atoms with van der Waals surface area (Å²) in [7, 11) is 0. The number of quaternary nitrogens is 1. The fourth-order valence-electron chi connectivity index (χ4n) is 5.08. The molecule has 1 heterocycles. The van der Waals surface area contributed by atoms with Crippen molar-refractivity contribution in [2.75, 3.05) is 6.54 Å². The van der Waals surface area contributed by atoms with Gasteiger partial charge in [-0.2, -0.15) is 0 Å². The second kappa shape index (κ2) is 6.70. The maximum atomic E-state index is 11.6. The van der Waals surface area contributed by atoms with Gasteiger partial charge in [-0.05, 0) is 24.8 Å². The average molecular weight is 322 g/mol. The fourth-order valence-corrected chi connectivity index (χ4v) is 5.08. The van der Waals surface area contributed by atoms with Gasteiger partial charge < -0.3 is 10.0 Å². The molecule has 126 valence electrons. The topological polar surface area (TPSA) is 24.7 Å². The van der Waals surface area contributed by atoms with Crippen LogP contribution in [0.1, 0.15) is 43.2 Å². The molecule has 1 aliphatic carbocycles. The van der Waals surface area contributed by atoms with Crippen molar-refractivity contribution in [3.05, 3.63) is 71.8 Å². The number of nitrogens with one attached hydrogen (secondary N) is 1. The Kier molecular flexibility index (Phi) is 4.43. The maximum absolute atomic E-state index is 11.6. The zero-order chi connectivity index (χ0) is 16.4. The molecule has 1 unspecified atom stereocenters. The standard InChI is InChI=1S/C22H27NO/c24-22(19-11-5-2-6-12-19)15-16-23(17-18-9-3-1-4-10-18)21-14-8-7-13-20(21)22/h1-6,9-12,20-21,24H,7-8,13-17H2/p+1/t20-,21-,22+/m0/s1. The Balaban J connectivity index is 1.60. The molecular formula is C22H28NO+. The summed E-state index contributed by atoms with van der Waals surface area (Å²) < 4.78 is 0. The zero-order valence-corrected chi connectivity index (χ0v) is 14.3. The Morgan fingerprint density at radius 3 is 2.33 bits per heavy atom. The van der Waals surface area contributed by atoms with Crippen LogP contribution >= 0.6 is 0 Å². The quantitative estimate of drug-likeness (QED) is 0.892.